The molecule has 0 radical (unpaired) electrons. The summed E-state index contributed by atoms with van der Waals surface area (Å²) in [6.45, 7) is 2.58. The maximum atomic E-state index is 13.6. The molecule has 2 fully saturated rings. The van der Waals surface area contributed by atoms with Gasteiger partial charge in [-0.3, -0.25) is 9.59 Å². The van der Waals surface area contributed by atoms with Crippen molar-refractivity contribution in [2.45, 2.75) is 38.0 Å². The van der Waals surface area contributed by atoms with Gasteiger partial charge in [0.1, 0.15) is 5.69 Å². The number of rotatable bonds is 4. The first-order chi connectivity index (χ1) is 13.7. The highest BCUT2D eigenvalue weighted by molar-refractivity contribution is 7.07. The number of hydrogen-bond donors (Lipinski definition) is 0. The van der Waals surface area contributed by atoms with Gasteiger partial charge in [0.25, 0.3) is 5.91 Å². The molecular weight excluding hydrogens is 370 g/mol. The normalized spacial score (nSPS) is 19.4. The number of amides is 2. The molecule has 1 aromatic heterocycles. The zero-order chi connectivity index (χ0) is 19.3. The highest BCUT2D eigenvalue weighted by Gasteiger charge is 2.35. The first-order valence-electron chi connectivity index (χ1n) is 10.3. The van der Waals surface area contributed by atoms with Gasteiger partial charge in [-0.15, -0.1) is 11.3 Å². The van der Waals surface area contributed by atoms with E-state index in [2.05, 4.69) is 17.1 Å². The molecule has 1 aromatic carbocycles. The molecule has 2 aromatic rings. The van der Waals surface area contributed by atoms with Crippen LogP contribution >= 0.6 is 11.3 Å². The maximum absolute atomic E-state index is 13.6. The highest BCUT2D eigenvalue weighted by atomic mass is 32.1. The van der Waals surface area contributed by atoms with Gasteiger partial charge in [0.15, 0.2) is 0 Å². The summed E-state index contributed by atoms with van der Waals surface area (Å²) in [4.78, 5) is 34.2. The quantitative estimate of drug-likeness (QED) is 0.789. The minimum Gasteiger partial charge on any atom is -0.340 e. The minimum atomic E-state index is -0.0514. The number of benzene rings is 1. The molecule has 1 unspecified atom stereocenters. The van der Waals surface area contributed by atoms with E-state index in [1.807, 2.05) is 28.0 Å². The van der Waals surface area contributed by atoms with E-state index >= 15 is 0 Å². The second-order valence-corrected chi connectivity index (χ2v) is 8.50. The van der Waals surface area contributed by atoms with Crippen molar-refractivity contribution in [2.75, 3.05) is 26.2 Å². The van der Waals surface area contributed by atoms with Gasteiger partial charge in [-0.1, -0.05) is 43.2 Å². The summed E-state index contributed by atoms with van der Waals surface area (Å²) in [6.07, 6.45) is 5.52. The summed E-state index contributed by atoms with van der Waals surface area (Å²) in [6, 6.07) is 10.3. The van der Waals surface area contributed by atoms with Crippen LogP contribution in [0.3, 0.4) is 0 Å². The second-order valence-electron chi connectivity index (χ2n) is 7.78. The van der Waals surface area contributed by atoms with E-state index in [0.717, 1.165) is 31.4 Å². The second kappa shape index (κ2) is 8.86. The van der Waals surface area contributed by atoms with Crippen LogP contribution in [0.25, 0.3) is 0 Å². The van der Waals surface area contributed by atoms with Crippen LogP contribution in [-0.2, 0) is 4.79 Å². The van der Waals surface area contributed by atoms with E-state index in [1.165, 1.54) is 24.2 Å². The van der Waals surface area contributed by atoms with E-state index in [4.69, 9.17) is 0 Å². The van der Waals surface area contributed by atoms with Crippen molar-refractivity contribution >= 4 is 23.2 Å². The van der Waals surface area contributed by atoms with E-state index in [9.17, 15) is 9.59 Å². The Morgan fingerprint density at radius 2 is 1.68 bits per heavy atom. The SMILES string of the molecule is O=C(c1cscn1)N1CCCN(C(=O)C(c2ccccc2)C2CCCC2)CC1. The van der Waals surface area contributed by atoms with Crippen LogP contribution in [0, 0.1) is 5.92 Å². The summed E-state index contributed by atoms with van der Waals surface area (Å²) in [5.41, 5.74) is 3.34. The van der Waals surface area contributed by atoms with Crippen LogP contribution < -0.4 is 0 Å². The standard InChI is InChI=1S/C22H27N3O2S/c26-21(19-15-28-16-23-19)24-11-6-12-25(14-13-24)22(27)20(18-9-4-5-10-18)17-7-2-1-3-8-17/h1-3,7-8,15-16,18,20H,4-6,9-14H2. The van der Waals surface area contributed by atoms with Gasteiger partial charge in [-0.2, -0.15) is 0 Å². The Morgan fingerprint density at radius 1 is 0.964 bits per heavy atom. The predicted octanol–water partition coefficient (Wildman–Crippen LogP) is 3.79. The van der Waals surface area contributed by atoms with Crippen LogP contribution in [0.5, 0.6) is 0 Å². The lowest BCUT2D eigenvalue weighted by atomic mass is 9.83. The van der Waals surface area contributed by atoms with Crippen LogP contribution in [0.4, 0.5) is 0 Å². The van der Waals surface area contributed by atoms with Gasteiger partial charge in [-0.05, 0) is 30.7 Å². The van der Waals surface area contributed by atoms with Crippen molar-refractivity contribution in [3.8, 4) is 0 Å². The van der Waals surface area contributed by atoms with Crippen molar-refractivity contribution < 1.29 is 9.59 Å². The molecule has 4 rings (SSSR count). The first-order valence-corrected chi connectivity index (χ1v) is 11.2. The number of thiazole rings is 1. The van der Waals surface area contributed by atoms with Crippen molar-refractivity contribution in [1.82, 2.24) is 14.8 Å². The van der Waals surface area contributed by atoms with Crippen molar-refractivity contribution in [1.29, 1.82) is 0 Å². The molecular formula is C22H27N3O2S. The van der Waals surface area contributed by atoms with E-state index in [0.29, 0.717) is 31.2 Å². The Balaban J connectivity index is 1.47. The summed E-state index contributed by atoms with van der Waals surface area (Å²) in [5.74, 6) is 0.599. The maximum Gasteiger partial charge on any atom is 0.273 e. The smallest absolute Gasteiger partial charge is 0.273 e. The van der Waals surface area contributed by atoms with Crippen molar-refractivity contribution in [3.05, 3.63) is 52.5 Å². The molecule has 1 saturated heterocycles. The minimum absolute atomic E-state index is 0.0223. The third kappa shape index (κ3) is 4.12. The third-order valence-electron chi connectivity index (χ3n) is 6.04. The van der Waals surface area contributed by atoms with Crippen LogP contribution in [0.2, 0.25) is 0 Å². The Bertz CT molecular complexity index is 787. The molecule has 0 spiro atoms. The molecule has 1 aliphatic heterocycles. The Kier molecular flexibility index (Phi) is 6.05. The van der Waals surface area contributed by atoms with E-state index in [1.54, 1.807) is 10.9 Å². The van der Waals surface area contributed by atoms with Crippen LogP contribution in [-0.4, -0.2) is 52.8 Å². The third-order valence-corrected chi connectivity index (χ3v) is 6.63. The Labute approximate surface area is 170 Å². The molecule has 1 atom stereocenters. The molecule has 1 saturated carbocycles. The van der Waals surface area contributed by atoms with E-state index < -0.39 is 0 Å². The number of hydrogen-bond acceptors (Lipinski definition) is 4. The van der Waals surface area contributed by atoms with Crippen LogP contribution in [0.1, 0.15) is 54.1 Å². The molecule has 5 nitrogen and oxygen atoms in total. The monoisotopic (exact) mass is 397 g/mol. The van der Waals surface area contributed by atoms with Gasteiger partial charge in [0.05, 0.1) is 11.4 Å². The molecule has 6 heteroatoms. The summed E-state index contributed by atoms with van der Waals surface area (Å²) >= 11 is 1.44. The summed E-state index contributed by atoms with van der Waals surface area (Å²) in [5, 5.41) is 1.79. The Morgan fingerprint density at radius 3 is 2.39 bits per heavy atom. The fraction of sp³-hybridized carbons (Fsp3) is 0.500. The lowest BCUT2D eigenvalue weighted by Crippen LogP contribution is -2.40. The van der Waals surface area contributed by atoms with Gasteiger partial charge in [-0.25, -0.2) is 4.98 Å². The Hall–Kier alpha value is -2.21. The predicted molar refractivity (Wildman–Crippen MR) is 110 cm³/mol. The number of carbonyl (C=O) groups excluding carboxylic acids is 2. The summed E-state index contributed by atoms with van der Waals surface area (Å²) in [7, 11) is 0. The first kappa shape index (κ1) is 19.1. The number of aromatic nitrogens is 1. The topological polar surface area (TPSA) is 53.5 Å². The molecule has 2 aliphatic rings. The molecule has 2 heterocycles. The molecule has 148 valence electrons. The fourth-order valence-corrected chi connectivity index (χ4v) is 5.11. The van der Waals surface area contributed by atoms with Gasteiger partial charge in [0.2, 0.25) is 5.91 Å². The number of nitrogens with zero attached hydrogens (tertiary/aromatic N) is 3. The van der Waals surface area contributed by atoms with Gasteiger partial charge >= 0.3 is 0 Å². The molecule has 2 amide bonds. The van der Waals surface area contributed by atoms with Gasteiger partial charge in [0, 0.05) is 31.6 Å². The zero-order valence-corrected chi connectivity index (χ0v) is 16.9. The number of carbonyl (C=O) groups is 2. The average Bonchev–Trinajstić information content (AvgIpc) is 3.39. The zero-order valence-electron chi connectivity index (χ0n) is 16.1. The summed E-state index contributed by atoms with van der Waals surface area (Å²) < 4.78 is 0. The lowest BCUT2D eigenvalue weighted by molar-refractivity contribution is -0.134. The van der Waals surface area contributed by atoms with E-state index in [-0.39, 0.29) is 17.7 Å². The lowest BCUT2D eigenvalue weighted by Gasteiger charge is -2.30. The largest absolute Gasteiger partial charge is 0.340 e. The average molecular weight is 398 g/mol. The molecule has 0 N–H and O–H groups in total. The van der Waals surface area contributed by atoms with Crippen molar-refractivity contribution in [3.63, 3.8) is 0 Å². The van der Waals surface area contributed by atoms with Crippen LogP contribution in [0.15, 0.2) is 41.2 Å². The molecule has 28 heavy (non-hydrogen) atoms. The fourth-order valence-electron chi connectivity index (χ4n) is 4.59. The van der Waals surface area contributed by atoms with Gasteiger partial charge < -0.3 is 9.80 Å². The van der Waals surface area contributed by atoms with Crippen molar-refractivity contribution in [2.24, 2.45) is 5.92 Å². The molecule has 1 aliphatic carbocycles. The highest BCUT2D eigenvalue weighted by Crippen LogP contribution is 2.38. The molecule has 0 bridgehead atoms.